The summed E-state index contributed by atoms with van der Waals surface area (Å²) in [5.41, 5.74) is 1.80. The second-order valence-electron chi connectivity index (χ2n) is 4.67. The van der Waals surface area contributed by atoms with Crippen LogP contribution in [0.3, 0.4) is 0 Å². The number of aliphatic hydroxyl groups excluding tert-OH is 1. The molecule has 0 aromatic heterocycles. The summed E-state index contributed by atoms with van der Waals surface area (Å²) in [5.74, 6) is 0.217. The summed E-state index contributed by atoms with van der Waals surface area (Å²) in [7, 11) is 0. The van der Waals surface area contributed by atoms with E-state index >= 15 is 0 Å². The molecule has 1 atom stereocenters. The molecule has 1 rings (SSSR count). The lowest BCUT2D eigenvalue weighted by Crippen LogP contribution is -2.15. The van der Waals surface area contributed by atoms with Crippen molar-refractivity contribution in [3.63, 3.8) is 0 Å². The Bertz CT molecular complexity index is 402. The molecule has 0 aliphatic heterocycles. The molecule has 94 valence electrons. The van der Waals surface area contributed by atoms with Gasteiger partial charge in [-0.3, -0.25) is 10.1 Å². The Morgan fingerprint density at radius 1 is 1.41 bits per heavy atom. The molecule has 4 heteroatoms. The van der Waals surface area contributed by atoms with Crippen molar-refractivity contribution in [2.45, 2.75) is 39.7 Å². The predicted octanol–water partition coefficient (Wildman–Crippen LogP) is 2.85. The molecule has 0 saturated carbocycles. The average Bonchev–Trinajstić information content (AvgIpc) is 2.26. The zero-order valence-corrected chi connectivity index (χ0v) is 10.5. The van der Waals surface area contributed by atoms with Crippen LogP contribution in [-0.2, 0) is 6.42 Å². The number of hydrogen-bond acceptors (Lipinski definition) is 3. The monoisotopic (exact) mass is 237 g/mol. The van der Waals surface area contributed by atoms with Crippen LogP contribution in [0.15, 0.2) is 18.2 Å². The van der Waals surface area contributed by atoms with Gasteiger partial charge >= 0.3 is 0 Å². The largest absolute Gasteiger partial charge is 0.393 e. The molecule has 0 radical (unpaired) electrons. The lowest BCUT2D eigenvalue weighted by molar-refractivity contribution is -0.385. The second-order valence-corrected chi connectivity index (χ2v) is 4.67. The van der Waals surface area contributed by atoms with Crippen LogP contribution >= 0.6 is 0 Å². The van der Waals surface area contributed by atoms with Gasteiger partial charge in [0.25, 0.3) is 5.69 Å². The molecular weight excluding hydrogens is 218 g/mol. The fraction of sp³-hybridized carbons (Fsp3) is 0.538. The Balaban J connectivity index is 2.79. The smallest absolute Gasteiger partial charge is 0.272 e. The second kappa shape index (κ2) is 5.77. The van der Waals surface area contributed by atoms with Gasteiger partial charge in [-0.1, -0.05) is 26.0 Å². The van der Waals surface area contributed by atoms with Crippen molar-refractivity contribution in [3.8, 4) is 0 Å². The maximum atomic E-state index is 10.8. The summed E-state index contributed by atoms with van der Waals surface area (Å²) in [5, 5.41) is 20.5. The molecule has 0 saturated heterocycles. The number of hydrogen-bond donors (Lipinski definition) is 1. The zero-order valence-electron chi connectivity index (χ0n) is 10.5. The van der Waals surface area contributed by atoms with Crippen LogP contribution in [0.25, 0.3) is 0 Å². The van der Waals surface area contributed by atoms with Gasteiger partial charge in [0.05, 0.1) is 11.0 Å². The number of aryl methyl sites for hydroxylation is 1. The van der Waals surface area contributed by atoms with Gasteiger partial charge in [-0.05, 0) is 31.2 Å². The van der Waals surface area contributed by atoms with E-state index in [4.69, 9.17) is 0 Å². The number of aliphatic hydroxyl groups is 1. The van der Waals surface area contributed by atoms with Crippen LogP contribution in [-0.4, -0.2) is 16.1 Å². The zero-order chi connectivity index (χ0) is 13.0. The molecule has 4 nitrogen and oxygen atoms in total. The molecule has 0 bridgehead atoms. The summed E-state index contributed by atoms with van der Waals surface area (Å²) in [4.78, 5) is 10.4. The molecule has 1 unspecified atom stereocenters. The van der Waals surface area contributed by atoms with Gasteiger partial charge in [0.1, 0.15) is 0 Å². The van der Waals surface area contributed by atoms with E-state index in [0.717, 1.165) is 5.56 Å². The Hall–Kier alpha value is -1.42. The van der Waals surface area contributed by atoms with Crippen molar-refractivity contribution in [3.05, 3.63) is 39.4 Å². The summed E-state index contributed by atoms with van der Waals surface area (Å²) < 4.78 is 0. The quantitative estimate of drug-likeness (QED) is 0.632. The number of rotatable bonds is 5. The topological polar surface area (TPSA) is 63.4 Å². The molecule has 1 aromatic carbocycles. The predicted molar refractivity (Wildman–Crippen MR) is 67.0 cm³/mol. The fourth-order valence-corrected chi connectivity index (χ4v) is 1.78. The van der Waals surface area contributed by atoms with Gasteiger partial charge in [0, 0.05) is 11.6 Å². The lowest BCUT2D eigenvalue weighted by Gasteiger charge is -2.14. The van der Waals surface area contributed by atoms with E-state index < -0.39 is 0 Å². The van der Waals surface area contributed by atoms with Crippen molar-refractivity contribution in [2.75, 3.05) is 0 Å². The van der Waals surface area contributed by atoms with Crippen molar-refractivity contribution in [2.24, 2.45) is 5.92 Å². The highest BCUT2D eigenvalue weighted by Gasteiger charge is 2.15. The maximum absolute atomic E-state index is 10.8. The summed E-state index contributed by atoms with van der Waals surface area (Å²) >= 11 is 0. The molecule has 1 N–H and O–H groups in total. The molecule has 0 aliphatic rings. The van der Waals surface area contributed by atoms with Gasteiger partial charge in [0.15, 0.2) is 0 Å². The number of nitro groups is 1. The van der Waals surface area contributed by atoms with E-state index in [9.17, 15) is 15.2 Å². The maximum Gasteiger partial charge on any atom is 0.272 e. The third-order valence-electron chi connectivity index (χ3n) is 3.09. The molecule has 0 aliphatic carbocycles. The van der Waals surface area contributed by atoms with Crippen LogP contribution < -0.4 is 0 Å². The van der Waals surface area contributed by atoms with Crippen LogP contribution in [0.2, 0.25) is 0 Å². The average molecular weight is 237 g/mol. The fourth-order valence-electron chi connectivity index (χ4n) is 1.78. The van der Waals surface area contributed by atoms with Crippen molar-refractivity contribution >= 4 is 5.69 Å². The van der Waals surface area contributed by atoms with Crippen molar-refractivity contribution in [1.29, 1.82) is 0 Å². The highest BCUT2D eigenvalue weighted by atomic mass is 16.6. The summed E-state index contributed by atoms with van der Waals surface area (Å²) in [6.07, 6.45) is 0.959. The molecule has 0 fully saturated rings. The molecule has 1 aromatic rings. The highest BCUT2D eigenvalue weighted by Crippen LogP contribution is 2.23. The molecule has 0 amide bonds. The Kier molecular flexibility index (Phi) is 4.63. The molecular formula is C13H19NO3. The molecule has 0 spiro atoms. The van der Waals surface area contributed by atoms with E-state index in [1.54, 1.807) is 13.0 Å². The lowest BCUT2D eigenvalue weighted by atomic mass is 9.96. The SMILES string of the molecule is Cc1c(CCC(O)C(C)C)cccc1[N+](=O)[O-]. The van der Waals surface area contributed by atoms with Gasteiger partial charge < -0.3 is 5.11 Å². The standard InChI is InChI=1S/C13H19NO3/c1-9(2)13(15)8-7-11-5-4-6-12(10(11)3)14(16)17/h4-6,9,13,15H,7-8H2,1-3H3. The summed E-state index contributed by atoms with van der Waals surface area (Å²) in [6, 6.07) is 5.09. The van der Waals surface area contributed by atoms with Crippen molar-refractivity contribution < 1.29 is 10.0 Å². The number of benzene rings is 1. The Morgan fingerprint density at radius 3 is 2.59 bits per heavy atom. The van der Waals surface area contributed by atoms with Gasteiger partial charge in [-0.15, -0.1) is 0 Å². The highest BCUT2D eigenvalue weighted by molar-refractivity contribution is 5.44. The Labute approximate surface area is 101 Å². The third-order valence-corrected chi connectivity index (χ3v) is 3.09. The molecule has 0 heterocycles. The van der Waals surface area contributed by atoms with Crippen LogP contribution in [0.5, 0.6) is 0 Å². The normalized spacial score (nSPS) is 12.8. The third kappa shape index (κ3) is 3.53. The first-order chi connectivity index (χ1) is 7.93. The first-order valence-corrected chi connectivity index (χ1v) is 5.84. The number of nitrogens with zero attached hydrogens (tertiary/aromatic N) is 1. The van der Waals surface area contributed by atoms with E-state index in [1.807, 2.05) is 19.9 Å². The molecule has 17 heavy (non-hydrogen) atoms. The van der Waals surface area contributed by atoms with Crippen LogP contribution in [0.1, 0.15) is 31.4 Å². The minimum Gasteiger partial charge on any atom is -0.393 e. The van der Waals surface area contributed by atoms with Gasteiger partial charge in [-0.25, -0.2) is 0 Å². The minimum absolute atomic E-state index is 0.154. The van der Waals surface area contributed by atoms with Crippen molar-refractivity contribution in [1.82, 2.24) is 0 Å². The van der Waals surface area contributed by atoms with Crippen LogP contribution in [0.4, 0.5) is 5.69 Å². The Morgan fingerprint density at radius 2 is 2.06 bits per heavy atom. The number of nitro benzene ring substituents is 1. The minimum atomic E-state index is -0.363. The first kappa shape index (κ1) is 13.6. The van der Waals surface area contributed by atoms with E-state index in [1.165, 1.54) is 6.07 Å². The van der Waals surface area contributed by atoms with E-state index in [2.05, 4.69) is 0 Å². The van der Waals surface area contributed by atoms with E-state index in [0.29, 0.717) is 18.4 Å². The van der Waals surface area contributed by atoms with E-state index in [-0.39, 0.29) is 22.6 Å². The van der Waals surface area contributed by atoms with Crippen LogP contribution in [0, 0.1) is 23.0 Å². The summed E-state index contributed by atoms with van der Waals surface area (Å²) in [6.45, 7) is 5.69. The first-order valence-electron chi connectivity index (χ1n) is 5.84. The van der Waals surface area contributed by atoms with Gasteiger partial charge in [0.2, 0.25) is 0 Å². The van der Waals surface area contributed by atoms with Gasteiger partial charge in [-0.2, -0.15) is 0 Å².